The third kappa shape index (κ3) is 5.79. The van der Waals surface area contributed by atoms with Crippen LogP contribution in [0.5, 0.6) is 0 Å². The summed E-state index contributed by atoms with van der Waals surface area (Å²) in [7, 11) is -3.87. The molecule has 1 heterocycles. The predicted octanol–water partition coefficient (Wildman–Crippen LogP) is 3.02. The van der Waals surface area contributed by atoms with Crippen molar-refractivity contribution in [3.05, 3.63) is 98.5 Å². The first-order chi connectivity index (χ1) is 18.0. The first kappa shape index (κ1) is 27.1. The van der Waals surface area contributed by atoms with Crippen LogP contribution in [-0.2, 0) is 26.0 Å². The molecule has 0 aliphatic carbocycles. The average molecular weight is 601 g/mol. The molecule has 38 heavy (non-hydrogen) atoms. The lowest BCUT2D eigenvalue weighted by molar-refractivity contribution is -0.384. The van der Waals surface area contributed by atoms with E-state index < -0.39 is 38.7 Å². The van der Waals surface area contributed by atoms with Crippen molar-refractivity contribution >= 4 is 55.0 Å². The van der Waals surface area contributed by atoms with E-state index in [1.807, 2.05) is 0 Å². The lowest BCUT2D eigenvalue weighted by Gasteiger charge is -2.28. The molecule has 11 nitrogen and oxygen atoms in total. The highest BCUT2D eigenvalue weighted by atomic mass is 79.9. The van der Waals surface area contributed by atoms with Gasteiger partial charge in [0.2, 0.25) is 15.9 Å². The quantitative estimate of drug-likeness (QED) is 0.236. The van der Waals surface area contributed by atoms with E-state index in [1.54, 1.807) is 36.4 Å². The van der Waals surface area contributed by atoms with Gasteiger partial charge in [0.25, 0.3) is 17.5 Å². The molecule has 3 amide bonds. The third-order valence-corrected chi connectivity index (χ3v) is 7.52. The maximum Gasteiger partial charge on any atom is 0.269 e. The number of nitro benzene ring substituents is 1. The van der Waals surface area contributed by atoms with Crippen LogP contribution in [-0.4, -0.2) is 48.5 Å². The van der Waals surface area contributed by atoms with Gasteiger partial charge in [-0.15, -0.1) is 0 Å². The molecule has 1 aliphatic heterocycles. The zero-order valence-electron chi connectivity index (χ0n) is 19.7. The number of carbonyl (C=O) groups excluding carboxylic acids is 3. The maximum atomic E-state index is 13.5. The number of hydrogen-bond acceptors (Lipinski definition) is 7. The highest BCUT2D eigenvalue weighted by Gasteiger charge is 2.44. The summed E-state index contributed by atoms with van der Waals surface area (Å²) >= 11 is 3.31. The smallest absolute Gasteiger partial charge is 0.269 e. The summed E-state index contributed by atoms with van der Waals surface area (Å²) in [5, 5.41) is 16.2. The average Bonchev–Trinajstić information content (AvgIpc) is 3.17. The molecule has 3 aromatic carbocycles. The second-order valence-corrected chi connectivity index (χ2v) is 11.0. The monoisotopic (exact) mass is 600 g/mol. The molecule has 196 valence electrons. The zero-order valence-corrected chi connectivity index (χ0v) is 22.1. The van der Waals surface area contributed by atoms with E-state index in [0.29, 0.717) is 11.3 Å². The topological polar surface area (TPSA) is 161 Å². The van der Waals surface area contributed by atoms with Gasteiger partial charge in [-0.1, -0.05) is 28.1 Å². The van der Waals surface area contributed by atoms with Crippen molar-refractivity contribution in [2.24, 2.45) is 5.14 Å². The van der Waals surface area contributed by atoms with Crippen LogP contribution >= 0.6 is 15.9 Å². The van der Waals surface area contributed by atoms with Crippen LogP contribution in [0.25, 0.3) is 0 Å². The molecule has 0 spiro atoms. The van der Waals surface area contributed by atoms with Gasteiger partial charge in [0.15, 0.2) is 0 Å². The summed E-state index contributed by atoms with van der Waals surface area (Å²) in [6.07, 6.45) is -0.00213. The second kappa shape index (κ2) is 10.8. The van der Waals surface area contributed by atoms with Crippen molar-refractivity contribution in [3.63, 3.8) is 0 Å². The van der Waals surface area contributed by atoms with Gasteiger partial charge in [-0.25, -0.2) is 18.5 Å². The first-order valence-electron chi connectivity index (χ1n) is 11.3. The molecule has 0 saturated carbocycles. The number of nitro groups is 1. The van der Waals surface area contributed by atoms with Crippen LogP contribution < -0.4 is 10.0 Å². The Hall–Kier alpha value is -3.94. The number of rotatable bonds is 8. The van der Waals surface area contributed by atoms with Gasteiger partial charge in [-0.05, 0) is 60.5 Å². The summed E-state index contributed by atoms with van der Waals surface area (Å²) in [5.41, 5.74) is 0.951. The molecular formula is C25H21BrN4O7S. The fourth-order valence-electron chi connectivity index (χ4n) is 4.11. The van der Waals surface area contributed by atoms with E-state index in [4.69, 9.17) is 5.14 Å². The van der Waals surface area contributed by atoms with Crippen molar-refractivity contribution < 1.29 is 27.7 Å². The van der Waals surface area contributed by atoms with Crippen LogP contribution in [0.4, 0.5) is 11.4 Å². The van der Waals surface area contributed by atoms with Crippen molar-refractivity contribution in [1.29, 1.82) is 0 Å². The van der Waals surface area contributed by atoms with Crippen molar-refractivity contribution in [2.75, 3.05) is 11.4 Å². The van der Waals surface area contributed by atoms with Gasteiger partial charge in [-0.2, -0.15) is 0 Å². The highest BCUT2D eigenvalue weighted by molar-refractivity contribution is 9.10. The first-order valence-corrected chi connectivity index (χ1v) is 13.6. The van der Waals surface area contributed by atoms with E-state index in [-0.39, 0.29) is 35.5 Å². The Morgan fingerprint density at radius 3 is 2.18 bits per heavy atom. The van der Waals surface area contributed by atoms with E-state index in [9.17, 15) is 32.9 Å². The summed E-state index contributed by atoms with van der Waals surface area (Å²) in [6.45, 7) is 0.0163. The van der Waals surface area contributed by atoms with E-state index in [0.717, 1.165) is 9.37 Å². The number of sulfonamides is 1. The molecule has 0 aromatic heterocycles. The molecular weight excluding hydrogens is 580 g/mol. The number of halogens is 1. The van der Waals surface area contributed by atoms with Gasteiger partial charge in [0, 0.05) is 28.7 Å². The number of non-ortho nitro benzene ring substituents is 1. The Labute approximate surface area is 226 Å². The minimum absolute atomic E-state index is 0.0163. The number of benzene rings is 3. The number of carbonyl (C=O) groups is 3. The minimum atomic E-state index is -3.87. The van der Waals surface area contributed by atoms with E-state index in [1.165, 1.54) is 41.3 Å². The molecule has 1 aliphatic rings. The number of primary sulfonamides is 1. The Kier molecular flexibility index (Phi) is 7.71. The van der Waals surface area contributed by atoms with Crippen LogP contribution in [0.2, 0.25) is 0 Å². The number of nitrogens with two attached hydrogens (primary N) is 1. The molecule has 1 fully saturated rings. The van der Waals surface area contributed by atoms with Gasteiger partial charge in [-0.3, -0.25) is 24.5 Å². The van der Waals surface area contributed by atoms with Crippen LogP contribution in [0.15, 0.2) is 82.2 Å². The number of imide groups is 1. The predicted molar refractivity (Wildman–Crippen MR) is 141 cm³/mol. The van der Waals surface area contributed by atoms with Gasteiger partial charge in [0.1, 0.15) is 6.04 Å². The Morgan fingerprint density at radius 1 is 1.03 bits per heavy atom. The van der Waals surface area contributed by atoms with Crippen molar-refractivity contribution in [3.8, 4) is 0 Å². The molecule has 0 radical (unpaired) electrons. The van der Waals surface area contributed by atoms with Gasteiger partial charge >= 0.3 is 0 Å². The second-order valence-electron chi connectivity index (χ2n) is 8.51. The molecule has 1 atom stereocenters. The number of anilines is 1. The molecule has 2 N–H and O–H groups in total. The zero-order chi connectivity index (χ0) is 27.6. The number of hydrogen-bond donors (Lipinski definition) is 1. The van der Waals surface area contributed by atoms with Crippen molar-refractivity contribution in [1.82, 2.24) is 4.90 Å². The third-order valence-electron chi connectivity index (χ3n) is 6.06. The lowest BCUT2D eigenvalue weighted by atomic mass is 10.1. The summed E-state index contributed by atoms with van der Waals surface area (Å²) in [6, 6.07) is 16.2. The fraction of sp³-hybridized carbons (Fsp3) is 0.160. The maximum absolute atomic E-state index is 13.5. The minimum Gasteiger partial charge on any atom is -0.326 e. The summed E-state index contributed by atoms with van der Waals surface area (Å²) in [5.74, 6) is -1.62. The molecule has 0 bridgehead atoms. The molecule has 4 rings (SSSR count). The normalized spacial score (nSPS) is 15.5. The standard InChI is InChI=1S/C25H21BrN4O7S/c26-18-5-9-19(10-6-18)29-23(31)15-22(25(29)33)28(24(32)17-3-7-20(8-4-17)30(34)35)14-13-16-1-11-21(12-2-16)38(27,36)37/h1-12,22H,13-15H2,(H2,27,36,37). The Balaban J connectivity index is 1.63. The van der Waals surface area contributed by atoms with Gasteiger partial charge in [0.05, 0.1) is 21.9 Å². The summed E-state index contributed by atoms with van der Waals surface area (Å²) in [4.78, 5) is 52.5. The SMILES string of the molecule is NS(=O)(=O)c1ccc(CCN(C(=O)c2ccc([N+](=O)[O-])cc2)C2CC(=O)N(c3ccc(Br)cc3)C2=O)cc1. The van der Waals surface area contributed by atoms with E-state index in [2.05, 4.69) is 15.9 Å². The Bertz CT molecular complexity index is 1510. The lowest BCUT2D eigenvalue weighted by Crippen LogP contribution is -2.46. The van der Waals surface area contributed by atoms with Crippen LogP contribution in [0, 0.1) is 10.1 Å². The molecule has 1 unspecified atom stereocenters. The summed E-state index contributed by atoms with van der Waals surface area (Å²) < 4.78 is 23.8. The van der Waals surface area contributed by atoms with Crippen LogP contribution in [0.1, 0.15) is 22.3 Å². The molecule has 1 saturated heterocycles. The Morgan fingerprint density at radius 2 is 1.63 bits per heavy atom. The molecule has 3 aromatic rings. The number of amides is 3. The molecule has 13 heteroatoms. The fourth-order valence-corrected chi connectivity index (χ4v) is 4.89. The van der Waals surface area contributed by atoms with Crippen LogP contribution in [0.3, 0.4) is 0 Å². The van der Waals surface area contributed by atoms with Crippen molar-refractivity contribution in [2.45, 2.75) is 23.8 Å². The number of nitrogens with zero attached hydrogens (tertiary/aromatic N) is 3. The largest absolute Gasteiger partial charge is 0.326 e. The van der Waals surface area contributed by atoms with Gasteiger partial charge < -0.3 is 4.90 Å². The highest BCUT2D eigenvalue weighted by Crippen LogP contribution is 2.28. The van der Waals surface area contributed by atoms with E-state index >= 15 is 0 Å².